The van der Waals surface area contributed by atoms with Crippen molar-refractivity contribution in [1.29, 1.82) is 0 Å². The molecule has 1 aliphatic carbocycles. The monoisotopic (exact) mass is 424 g/mol. The lowest BCUT2D eigenvalue weighted by molar-refractivity contribution is -0.129. The van der Waals surface area contributed by atoms with Gasteiger partial charge in [-0.1, -0.05) is 59.8 Å². The Hall–Kier alpha value is -0.723. The smallest absolute Gasteiger partial charge is 0.238 e. The minimum atomic E-state index is -1.84. The van der Waals surface area contributed by atoms with Gasteiger partial charge in [0, 0.05) is 13.0 Å². The number of hydrogen-bond acceptors (Lipinski definition) is 4. The summed E-state index contributed by atoms with van der Waals surface area (Å²) in [7, 11) is -1.84. The molecule has 2 atom stereocenters. The summed E-state index contributed by atoms with van der Waals surface area (Å²) in [6.07, 6.45) is 10.0. The topological polar surface area (TPSA) is 67.4 Å². The van der Waals surface area contributed by atoms with Gasteiger partial charge in [-0.2, -0.15) is 0 Å². The summed E-state index contributed by atoms with van der Waals surface area (Å²) >= 11 is 0. The van der Waals surface area contributed by atoms with Gasteiger partial charge in [0.05, 0.1) is 17.7 Å². The molecule has 1 heterocycles. The van der Waals surface area contributed by atoms with Crippen molar-refractivity contribution in [2.45, 2.75) is 128 Å². The molecule has 0 unspecified atom stereocenters. The molecular formula is C23H44N2O3Si. The van der Waals surface area contributed by atoms with Crippen LogP contribution in [0.3, 0.4) is 0 Å². The molecule has 0 aromatic heterocycles. The Morgan fingerprint density at radius 1 is 1.10 bits per heavy atom. The first-order valence-corrected chi connectivity index (χ1v) is 14.7. The summed E-state index contributed by atoms with van der Waals surface area (Å²) in [4.78, 5) is 25.5. The van der Waals surface area contributed by atoms with Crippen molar-refractivity contribution in [3.05, 3.63) is 0 Å². The summed E-state index contributed by atoms with van der Waals surface area (Å²) < 4.78 is 6.46. The van der Waals surface area contributed by atoms with Crippen molar-refractivity contribution in [3.63, 3.8) is 0 Å². The van der Waals surface area contributed by atoms with E-state index in [0.29, 0.717) is 19.4 Å². The minimum Gasteiger partial charge on any atom is -0.413 e. The van der Waals surface area contributed by atoms with Gasteiger partial charge in [-0.25, -0.2) is 0 Å². The van der Waals surface area contributed by atoms with Crippen LogP contribution in [0.15, 0.2) is 0 Å². The fourth-order valence-corrected chi connectivity index (χ4v) is 5.18. The van der Waals surface area contributed by atoms with Crippen LogP contribution in [0.1, 0.15) is 91.9 Å². The van der Waals surface area contributed by atoms with Gasteiger partial charge in [0.15, 0.2) is 14.1 Å². The Morgan fingerprint density at radius 2 is 1.72 bits per heavy atom. The van der Waals surface area contributed by atoms with Gasteiger partial charge < -0.3 is 15.1 Å². The van der Waals surface area contributed by atoms with Crippen molar-refractivity contribution in [3.8, 4) is 0 Å². The zero-order valence-corrected chi connectivity index (χ0v) is 20.7. The molecule has 2 rings (SSSR count). The summed E-state index contributed by atoms with van der Waals surface area (Å²) in [5.41, 5.74) is -0.569. The fourth-order valence-electron chi connectivity index (χ4n) is 3.81. The van der Waals surface area contributed by atoms with Crippen molar-refractivity contribution in [1.82, 2.24) is 10.6 Å². The summed E-state index contributed by atoms with van der Waals surface area (Å²) in [6.45, 7) is 14.1. The van der Waals surface area contributed by atoms with Gasteiger partial charge in [0.1, 0.15) is 0 Å². The highest BCUT2D eigenvalue weighted by Crippen LogP contribution is 2.39. The quantitative estimate of drug-likeness (QED) is 0.352. The Bertz CT molecular complexity index is 567. The minimum absolute atomic E-state index is 0.0277. The van der Waals surface area contributed by atoms with Gasteiger partial charge in [-0.05, 0) is 43.8 Å². The van der Waals surface area contributed by atoms with Crippen molar-refractivity contribution in [2.75, 3.05) is 6.54 Å². The first-order chi connectivity index (χ1) is 13.5. The Balaban J connectivity index is 1.75. The van der Waals surface area contributed by atoms with Crippen molar-refractivity contribution >= 4 is 20.0 Å². The third-order valence-electron chi connectivity index (χ3n) is 7.08. The van der Waals surface area contributed by atoms with Crippen LogP contribution in [-0.4, -0.2) is 44.2 Å². The lowest BCUT2D eigenvalue weighted by atomic mass is 10.0. The van der Waals surface area contributed by atoms with Crippen LogP contribution < -0.4 is 10.6 Å². The van der Waals surface area contributed by atoms with Crippen LogP contribution >= 0.6 is 0 Å². The van der Waals surface area contributed by atoms with Crippen LogP contribution in [0, 0.1) is 0 Å². The van der Waals surface area contributed by atoms with E-state index in [9.17, 15) is 9.59 Å². The number of hydrogen-bond donors (Lipinski definition) is 2. The molecule has 6 heteroatoms. The van der Waals surface area contributed by atoms with E-state index >= 15 is 0 Å². The maximum absolute atomic E-state index is 12.8. The third-order valence-corrected chi connectivity index (χ3v) is 11.6. The second-order valence-corrected chi connectivity index (χ2v) is 15.5. The van der Waals surface area contributed by atoms with E-state index in [1.807, 2.05) is 0 Å². The molecular weight excluding hydrogens is 380 g/mol. The molecule has 29 heavy (non-hydrogen) atoms. The average Bonchev–Trinajstić information content (AvgIpc) is 3.26. The van der Waals surface area contributed by atoms with Crippen molar-refractivity contribution in [2.24, 2.45) is 0 Å². The molecule has 0 spiro atoms. The number of rotatable bonds is 12. The molecule has 5 nitrogen and oxygen atoms in total. The number of carbonyl (C=O) groups is 2. The molecule has 1 amide bonds. The van der Waals surface area contributed by atoms with Crippen LogP contribution in [0.4, 0.5) is 0 Å². The second-order valence-electron chi connectivity index (χ2n) is 10.7. The number of carbonyl (C=O) groups excluding carboxylic acids is 2. The zero-order chi connectivity index (χ0) is 21.7. The largest absolute Gasteiger partial charge is 0.413 e. The Kier molecular flexibility index (Phi) is 8.51. The lowest BCUT2D eigenvalue weighted by Gasteiger charge is -2.38. The molecule has 1 aliphatic heterocycles. The number of unbranched alkanes of at least 4 members (excludes halogenated alkanes) is 5. The number of Topliss-reactive ketones (excluding diaryl/α,β-unsaturated/α-hetero) is 1. The molecule has 0 bridgehead atoms. The van der Waals surface area contributed by atoms with Crippen LogP contribution in [0.5, 0.6) is 0 Å². The summed E-state index contributed by atoms with van der Waals surface area (Å²) in [6, 6.07) is -0.246. The van der Waals surface area contributed by atoms with Gasteiger partial charge in [-0.15, -0.1) is 0 Å². The number of ketones is 1. The third kappa shape index (κ3) is 6.89. The molecule has 1 saturated heterocycles. The van der Waals surface area contributed by atoms with Gasteiger partial charge in [0.25, 0.3) is 0 Å². The standard InChI is InChI=1S/C23H44N2O3Si/c1-7-8-9-10-11-12-13-20(26)23(14-15-23)25-21(27)19-16-18(17-24-19)28-29(5,6)22(2,3)4/h18-19,24H,7-17H2,1-6H3,(H,25,27)/t18-,19+/m1/s1. The van der Waals surface area contributed by atoms with Crippen molar-refractivity contribution < 1.29 is 14.0 Å². The molecule has 2 aliphatic rings. The Labute approximate surface area is 179 Å². The molecule has 168 valence electrons. The van der Waals surface area contributed by atoms with Gasteiger partial charge in [0.2, 0.25) is 5.91 Å². The molecule has 0 aromatic carbocycles. The molecule has 2 N–H and O–H groups in total. The maximum Gasteiger partial charge on any atom is 0.238 e. The predicted octanol–water partition coefficient (Wildman–Crippen LogP) is 4.71. The van der Waals surface area contributed by atoms with Crippen LogP contribution in [-0.2, 0) is 14.0 Å². The van der Waals surface area contributed by atoms with E-state index < -0.39 is 13.9 Å². The number of nitrogens with one attached hydrogen (secondary N) is 2. The highest BCUT2D eigenvalue weighted by molar-refractivity contribution is 6.74. The summed E-state index contributed by atoms with van der Waals surface area (Å²) in [5.74, 6) is 0.202. The summed E-state index contributed by atoms with van der Waals surface area (Å²) in [5, 5.41) is 6.57. The second kappa shape index (κ2) is 10.1. The van der Waals surface area contributed by atoms with E-state index in [2.05, 4.69) is 51.4 Å². The molecule has 1 saturated carbocycles. The molecule has 2 fully saturated rings. The fraction of sp³-hybridized carbons (Fsp3) is 0.913. The predicted molar refractivity (Wildman–Crippen MR) is 122 cm³/mol. The highest BCUT2D eigenvalue weighted by atomic mass is 28.4. The normalized spacial score (nSPS) is 23.8. The van der Waals surface area contributed by atoms with E-state index in [1.54, 1.807) is 0 Å². The average molecular weight is 425 g/mol. The van der Waals surface area contributed by atoms with E-state index in [-0.39, 0.29) is 28.9 Å². The highest BCUT2D eigenvalue weighted by Gasteiger charge is 2.51. The lowest BCUT2D eigenvalue weighted by Crippen LogP contribution is -2.49. The molecule has 0 aromatic rings. The van der Waals surface area contributed by atoms with Crippen LogP contribution in [0.25, 0.3) is 0 Å². The number of amides is 1. The van der Waals surface area contributed by atoms with Gasteiger partial charge in [-0.3, -0.25) is 9.59 Å². The SMILES string of the molecule is CCCCCCCCC(=O)C1(NC(=O)[C@@H]2C[C@@H](O[Si](C)(C)C(C)(C)C)CN2)CC1. The van der Waals surface area contributed by atoms with Crippen LogP contribution in [0.2, 0.25) is 18.1 Å². The molecule has 0 radical (unpaired) electrons. The van der Waals surface area contributed by atoms with E-state index in [0.717, 1.165) is 25.7 Å². The zero-order valence-electron chi connectivity index (χ0n) is 19.7. The van der Waals surface area contributed by atoms with E-state index in [4.69, 9.17) is 4.43 Å². The van der Waals surface area contributed by atoms with Gasteiger partial charge >= 0.3 is 0 Å². The first kappa shape index (κ1) is 24.5. The maximum atomic E-state index is 12.8. The van der Waals surface area contributed by atoms with E-state index in [1.165, 1.54) is 25.7 Å². The first-order valence-electron chi connectivity index (χ1n) is 11.8. The Morgan fingerprint density at radius 3 is 2.31 bits per heavy atom.